The van der Waals surface area contributed by atoms with Crippen molar-refractivity contribution in [2.24, 2.45) is 0 Å². The Morgan fingerprint density at radius 3 is 1.70 bits per heavy atom. The molecule has 3 aromatic rings. The lowest BCUT2D eigenvalue weighted by Gasteiger charge is -2.30. The number of aryl methyl sites for hydroxylation is 1. The molecule has 0 spiro atoms. The highest BCUT2D eigenvalue weighted by Gasteiger charge is 2.33. The summed E-state index contributed by atoms with van der Waals surface area (Å²) >= 11 is 0. The van der Waals surface area contributed by atoms with Gasteiger partial charge in [-0.3, -0.25) is 0 Å². The van der Waals surface area contributed by atoms with Crippen LogP contribution >= 0.6 is 0 Å². The zero-order valence-corrected chi connectivity index (χ0v) is 13.4. The van der Waals surface area contributed by atoms with Gasteiger partial charge in [-0.25, -0.2) is 0 Å². The molecule has 0 fully saturated rings. The van der Waals surface area contributed by atoms with Gasteiger partial charge in [-0.2, -0.15) is 0 Å². The van der Waals surface area contributed by atoms with E-state index in [9.17, 15) is 5.11 Å². The molecule has 116 valence electrons. The minimum atomic E-state index is -1.19. The molecule has 0 radical (unpaired) electrons. The molecule has 0 unspecified atom stereocenters. The minimum absolute atomic E-state index is 0.817. The van der Waals surface area contributed by atoms with Crippen molar-refractivity contribution in [1.82, 2.24) is 0 Å². The second-order valence-corrected chi connectivity index (χ2v) is 5.63. The monoisotopic (exact) mass is 304 g/mol. The summed E-state index contributed by atoms with van der Waals surface area (Å²) in [5.74, 6) is 0.817. The van der Waals surface area contributed by atoms with Crippen molar-refractivity contribution in [3.05, 3.63) is 101 Å². The van der Waals surface area contributed by atoms with Crippen LogP contribution in [0.15, 0.2) is 78.9 Å². The maximum Gasteiger partial charge on any atom is 0.140 e. The van der Waals surface area contributed by atoms with Crippen LogP contribution in [0.3, 0.4) is 0 Å². The molecule has 0 amide bonds. The van der Waals surface area contributed by atoms with Crippen molar-refractivity contribution < 1.29 is 9.84 Å². The maximum absolute atomic E-state index is 11.7. The van der Waals surface area contributed by atoms with Crippen molar-refractivity contribution in [3.63, 3.8) is 0 Å². The fraction of sp³-hybridized carbons (Fsp3) is 0.143. The van der Waals surface area contributed by atoms with Crippen molar-refractivity contribution in [1.29, 1.82) is 0 Å². The number of hydrogen-bond acceptors (Lipinski definition) is 2. The third-order valence-corrected chi connectivity index (χ3v) is 4.20. The molecule has 23 heavy (non-hydrogen) atoms. The number of rotatable bonds is 4. The third-order valence-electron chi connectivity index (χ3n) is 4.20. The van der Waals surface area contributed by atoms with Crippen LogP contribution < -0.4 is 4.74 Å². The summed E-state index contributed by atoms with van der Waals surface area (Å²) in [6.07, 6.45) is 0. The normalized spacial score (nSPS) is 11.3. The zero-order chi connectivity index (χ0) is 16.3. The first-order chi connectivity index (χ1) is 11.2. The third kappa shape index (κ3) is 2.73. The molecule has 0 bridgehead atoms. The summed E-state index contributed by atoms with van der Waals surface area (Å²) in [6.45, 7) is 1.98. The van der Waals surface area contributed by atoms with Crippen LogP contribution in [0.2, 0.25) is 0 Å². The Labute approximate surface area is 137 Å². The molecular weight excluding hydrogens is 284 g/mol. The molecule has 0 aliphatic rings. The number of hydrogen-bond donors (Lipinski definition) is 1. The van der Waals surface area contributed by atoms with Crippen LogP contribution in [0, 0.1) is 6.92 Å². The SMILES string of the molecule is COc1ccc(C(O)(c2ccccc2)c2ccccc2)cc1C. The van der Waals surface area contributed by atoms with Crippen molar-refractivity contribution in [2.45, 2.75) is 12.5 Å². The Hall–Kier alpha value is -2.58. The van der Waals surface area contributed by atoms with Crippen LogP contribution in [0.1, 0.15) is 22.3 Å². The standard InChI is InChI=1S/C21H20O2/c1-16-15-19(13-14-20(16)23-2)21(22,17-9-5-3-6-10-17)18-11-7-4-8-12-18/h3-15,22H,1-2H3. The summed E-state index contributed by atoms with van der Waals surface area (Å²) in [4.78, 5) is 0. The molecule has 0 atom stereocenters. The van der Waals surface area contributed by atoms with Crippen molar-refractivity contribution >= 4 is 0 Å². The molecule has 0 aliphatic carbocycles. The molecule has 0 aromatic heterocycles. The van der Waals surface area contributed by atoms with Gasteiger partial charge in [0.15, 0.2) is 0 Å². The van der Waals surface area contributed by atoms with Crippen LogP contribution in [0.5, 0.6) is 5.75 Å². The van der Waals surface area contributed by atoms with E-state index in [0.717, 1.165) is 28.0 Å². The molecule has 0 saturated carbocycles. The lowest BCUT2D eigenvalue weighted by Crippen LogP contribution is -2.28. The average molecular weight is 304 g/mol. The fourth-order valence-corrected chi connectivity index (χ4v) is 2.96. The Bertz CT molecular complexity index is 740. The van der Waals surface area contributed by atoms with E-state index >= 15 is 0 Å². The summed E-state index contributed by atoms with van der Waals surface area (Å²) in [5.41, 5.74) is 2.31. The van der Waals surface area contributed by atoms with E-state index in [1.54, 1.807) is 7.11 Å². The molecular formula is C21H20O2. The van der Waals surface area contributed by atoms with Gasteiger partial charge in [0, 0.05) is 0 Å². The number of benzene rings is 3. The first-order valence-electron chi connectivity index (χ1n) is 7.65. The molecule has 3 aromatic carbocycles. The number of methoxy groups -OCH3 is 1. The molecule has 2 nitrogen and oxygen atoms in total. The predicted octanol–water partition coefficient (Wildman–Crippen LogP) is 4.29. The van der Waals surface area contributed by atoms with E-state index < -0.39 is 5.60 Å². The van der Waals surface area contributed by atoms with E-state index in [-0.39, 0.29) is 0 Å². The first kappa shape index (κ1) is 15.3. The summed E-state index contributed by atoms with van der Waals surface area (Å²) in [5, 5.41) is 11.7. The molecule has 1 N–H and O–H groups in total. The second kappa shape index (κ2) is 6.27. The average Bonchev–Trinajstić information content (AvgIpc) is 2.62. The van der Waals surface area contributed by atoms with Gasteiger partial charge >= 0.3 is 0 Å². The quantitative estimate of drug-likeness (QED) is 0.729. The van der Waals surface area contributed by atoms with Gasteiger partial charge in [-0.15, -0.1) is 0 Å². The first-order valence-corrected chi connectivity index (χ1v) is 7.65. The highest BCUT2D eigenvalue weighted by atomic mass is 16.5. The lowest BCUT2D eigenvalue weighted by molar-refractivity contribution is 0.125. The van der Waals surface area contributed by atoms with Gasteiger partial charge in [-0.05, 0) is 41.3 Å². The van der Waals surface area contributed by atoms with Crippen LogP contribution in [-0.4, -0.2) is 12.2 Å². The van der Waals surface area contributed by atoms with Crippen molar-refractivity contribution in [3.8, 4) is 5.75 Å². The number of aliphatic hydroxyl groups is 1. The Morgan fingerprint density at radius 2 is 1.26 bits per heavy atom. The second-order valence-electron chi connectivity index (χ2n) is 5.63. The molecule has 3 rings (SSSR count). The molecule has 0 saturated heterocycles. The van der Waals surface area contributed by atoms with Gasteiger partial charge in [-0.1, -0.05) is 66.7 Å². The van der Waals surface area contributed by atoms with E-state index in [4.69, 9.17) is 4.74 Å². The van der Waals surface area contributed by atoms with E-state index in [0.29, 0.717) is 0 Å². The van der Waals surface area contributed by atoms with Gasteiger partial charge in [0.25, 0.3) is 0 Å². The summed E-state index contributed by atoms with van der Waals surface area (Å²) in [7, 11) is 1.66. The molecule has 2 heteroatoms. The van der Waals surface area contributed by atoms with Gasteiger partial charge in [0.1, 0.15) is 11.4 Å². The number of ether oxygens (including phenoxy) is 1. The predicted molar refractivity (Wildman–Crippen MR) is 92.7 cm³/mol. The Kier molecular flexibility index (Phi) is 4.18. The van der Waals surface area contributed by atoms with Crippen LogP contribution in [0.4, 0.5) is 0 Å². The van der Waals surface area contributed by atoms with E-state index in [1.807, 2.05) is 85.8 Å². The fourth-order valence-electron chi connectivity index (χ4n) is 2.96. The maximum atomic E-state index is 11.7. The van der Waals surface area contributed by atoms with Gasteiger partial charge in [0.2, 0.25) is 0 Å². The zero-order valence-electron chi connectivity index (χ0n) is 13.4. The van der Waals surface area contributed by atoms with E-state index in [2.05, 4.69) is 0 Å². The van der Waals surface area contributed by atoms with Crippen LogP contribution in [0.25, 0.3) is 0 Å². The summed E-state index contributed by atoms with van der Waals surface area (Å²) in [6, 6.07) is 25.3. The Balaban J connectivity index is 2.23. The van der Waals surface area contributed by atoms with Crippen molar-refractivity contribution in [2.75, 3.05) is 7.11 Å². The minimum Gasteiger partial charge on any atom is -0.496 e. The van der Waals surface area contributed by atoms with Gasteiger partial charge < -0.3 is 9.84 Å². The van der Waals surface area contributed by atoms with Crippen LogP contribution in [-0.2, 0) is 5.60 Å². The summed E-state index contributed by atoms with van der Waals surface area (Å²) < 4.78 is 5.34. The smallest absolute Gasteiger partial charge is 0.140 e. The topological polar surface area (TPSA) is 29.5 Å². The lowest BCUT2D eigenvalue weighted by atomic mass is 9.80. The largest absolute Gasteiger partial charge is 0.496 e. The molecule has 0 aliphatic heterocycles. The van der Waals surface area contributed by atoms with E-state index in [1.165, 1.54) is 0 Å². The Morgan fingerprint density at radius 1 is 0.739 bits per heavy atom. The van der Waals surface area contributed by atoms with Gasteiger partial charge in [0.05, 0.1) is 7.11 Å². The highest BCUT2D eigenvalue weighted by molar-refractivity contribution is 5.49. The molecule has 0 heterocycles. The highest BCUT2D eigenvalue weighted by Crippen LogP contribution is 2.37.